The number of aromatic nitrogens is 6. The van der Waals surface area contributed by atoms with Gasteiger partial charge in [0.15, 0.2) is 23.1 Å². The summed E-state index contributed by atoms with van der Waals surface area (Å²) in [4.78, 5) is 21.6. The lowest BCUT2D eigenvalue weighted by Gasteiger charge is -2.14. The summed E-state index contributed by atoms with van der Waals surface area (Å²) < 4.78 is 51.3. The number of methoxy groups -OCH3 is 2. The largest absolute Gasteiger partial charge is 0.491 e. The van der Waals surface area contributed by atoms with Crippen LogP contribution in [0.25, 0.3) is 22.8 Å². The topological polar surface area (TPSA) is 99.9 Å². The van der Waals surface area contributed by atoms with Crippen LogP contribution in [0.1, 0.15) is 35.7 Å². The lowest BCUT2D eigenvalue weighted by Crippen LogP contribution is -2.07. The number of aryl methyl sites for hydroxylation is 1. The summed E-state index contributed by atoms with van der Waals surface area (Å²) in [5.41, 5.74) is 2.06. The van der Waals surface area contributed by atoms with Gasteiger partial charge in [-0.3, -0.25) is 0 Å². The van der Waals surface area contributed by atoms with Crippen LogP contribution in [0.15, 0.2) is 43.0 Å². The number of anilines is 1. The molecule has 0 radical (unpaired) electrons. The van der Waals surface area contributed by atoms with E-state index in [0.717, 1.165) is 30.3 Å². The summed E-state index contributed by atoms with van der Waals surface area (Å²) in [5.74, 6) is 2.33. The number of nitrogens with zero attached hydrogens (tertiary/aromatic N) is 6. The van der Waals surface area contributed by atoms with Crippen molar-refractivity contribution in [2.75, 3.05) is 19.5 Å². The van der Waals surface area contributed by atoms with Crippen molar-refractivity contribution in [3.05, 3.63) is 59.9 Å². The minimum absolute atomic E-state index is 0.236. The first-order valence-corrected chi connectivity index (χ1v) is 11.5. The van der Waals surface area contributed by atoms with Crippen LogP contribution in [0.5, 0.6) is 11.6 Å². The summed E-state index contributed by atoms with van der Waals surface area (Å²) in [7, 11) is 4.61. The van der Waals surface area contributed by atoms with Gasteiger partial charge in [-0.05, 0) is 18.4 Å². The van der Waals surface area contributed by atoms with Crippen LogP contribution >= 0.6 is 0 Å². The molecule has 0 saturated heterocycles. The molecule has 3 heterocycles. The fourth-order valence-corrected chi connectivity index (χ4v) is 4.01. The molecule has 192 valence electrons. The monoisotopic (exact) mass is 511 g/mol. The summed E-state index contributed by atoms with van der Waals surface area (Å²) in [6.07, 6.45) is 1.63. The molecule has 1 aliphatic rings. The molecule has 1 aliphatic carbocycles. The zero-order valence-corrected chi connectivity index (χ0v) is 20.4. The van der Waals surface area contributed by atoms with Crippen LogP contribution < -0.4 is 14.8 Å². The Kier molecular flexibility index (Phi) is 6.40. The number of halogens is 3. The SMILES string of the molecule is COc1cnc(-c2c(OC)ncnc2C2CC2)nc1NCc1ccc(-c2nc(C(F)(F)F)cn2C)cc1. The van der Waals surface area contributed by atoms with Crippen molar-refractivity contribution in [1.29, 1.82) is 0 Å². The maximum Gasteiger partial charge on any atom is 0.434 e. The molecule has 1 saturated carbocycles. The minimum atomic E-state index is -4.50. The van der Waals surface area contributed by atoms with Crippen LogP contribution in [-0.2, 0) is 19.8 Å². The Labute approximate surface area is 210 Å². The predicted molar refractivity (Wildman–Crippen MR) is 129 cm³/mol. The second-order valence-electron chi connectivity index (χ2n) is 8.64. The smallest absolute Gasteiger partial charge is 0.434 e. The Hall–Kier alpha value is -4.22. The van der Waals surface area contributed by atoms with Crippen LogP contribution in [0, 0.1) is 0 Å². The van der Waals surface area contributed by atoms with Crippen molar-refractivity contribution in [3.63, 3.8) is 0 Å². The van der Waals surface area contributed by atoms with E-state index in [1.807, 2.05) is 12.1 Å². The Morgan fingerprint density at radius 2 is 1.78 bits per heavy atom. The molecule has 0 spiro atoms. The second-order valence-corrected chi connectivity index (χ2v) is 8.64. The first-order chi connectivity index (χ1) is 17.8. The van der Waals surface area contributed by atoms with Crippen molar-refractivity contribution in [2.24, 2.45) is 7.05 Å². The molecule has 0 amide bonds. The van der Waals surface area contributed by atoms with Crippen molar-refractivity contribution in [3.8, 4) is 34.4 Å². The van der Waals surface area contributed by atoms with Crippen LogP contribution in [0.2, 0.25) is 0 Å². The predicted octanol–water partition coefficient (Wildman–Crippen LogP) is 4.86. The molecule has 0 bridgehead atoms. The zero-order chi connectivity index (χ0) is 26.2. The molecule has 9 nitrogen and oxygen atoms in total. The van der Waals surface area contributed by atoms with Gasteiger partial charge in [-0.2, -0.15) is 13.2 Å². The van der Waals surface area contributed by atoms with E-state index in [1.54, 1.807) is 25.4 Å². The number of nitrogens with one attached hydrogen (secondary N) is 1. The number of hydrogen-bond acceptors (Lipinski definition) is 8. The van der Waals surface area contributed by atoms with Crippen LogP contribution in [0.3, 0.4) is 0 Å². The van der Waals surface area contributed by atoms with Gasteiger partial charge in [-0.15, -0.1) is 0 Å². The van der Waals surface area contributed by atoms with Gasteiger partial charge in [0.1, 0.15) is 17.7 Å². The maximum atomic E-state index is 13.0. The van der Waals surface area contributed by atoms with E-state index in [4.69, 9.17) is 9.47 Å². The molecular weight excluding hydrogens is 487 g/mol. The first kappa shape index (κ1) is 24.5. The molecule has 5 rings (SSSR count). The van der Waals surface area contributed by atoms with E-state index >= 15 is 0 Å². The number of rotatable bonds is 8. The van der Waals surface area contributed by atoms with E-state index in [1.165, 1.54) is 25.1 Å². The van der Waals surface area contributed by atoms with E-state index in [2.05, 4.69) is 30.2 Å². The highest BCUT2D eigenvalue weighted by Crippen LogP contribution is 2.45. The highest BCUT2D eigenvalue weighted by molar-refractivity contribution is 5.68. The van der Waals surface area contributed by atoms with E-state index < -0.39 is 11.9 Å². The Morgan fingerprint density at radius 3 is 2.41 bits per heavy atom. The molecule has 1 fully saturated rings. The van der Waals surface area contributed by atoms with Crippen LogP contribution in [-0.4, -0.2) is 43.7 Å². The van der Waals surface area contributed by atoms with Gasteiger partial charge in [0.25, 0.3) is 0 Å². The molecule has 1 aromatic carbocycles. The van der Waals surface area contributed by atoms with Gasteiger partial charge in [-0.1, -0.05) is 24.3 Å². The third kappa shape index (κ3) is 5.04. The molecule has 37 heavy (non-hydrogen) atoms. The molecule has 0 aliphatic heterocycles. The lowest BCUT2D eigenvalue weighted by atomic mass is 10.1. The van der Waals surface area contributed by atoms with E-state index in [0.29, 0.717) is 46.9 Å². The van der Waals surface area contributed by atoms with Gasteiger partial charge < -0.3 is 19.4 Å². The fraction of sp³-hybridized carbons (Fsp3) is 0.320. The number of ether oxygens (including phenoxy) is 2. The highest BCUT2D eigenvalue weighted by atomic mass is 19.4. The maximum absolute atomic E-state index is 13.0. The molecule has 12 heteroatoms. The Bertz CT molecular complexity index is 1420. The normalized spacial score (nSPS) is 13.5. The molecule has 1 N–H and O–H groups in total. The quantitative estimate of drug-likeness (QED) is 0.358. The van der Waals surface area contributed by atoms with Gasteiger partial charge in [0.05, 0.1) is 26.1 Å². The highest BCUT2D eigenvalue weighted by Gasteiger charge is 2.34. The summed E-state index contributed by atoms with van der Waals surface area (Å²) >= 11 is 0. The number of imidazole rings is 1. The third-order valence-electron chi connectivity index (χ3n) is 6.04. The molecular formula is C25H24F3N7O2. The average molecular weight is 512 g/mol. The van der Waals surface area contributed by atoms with Gasteiger partial charge >= 0.3 is 6.18 Å². The van der Waals surface area contributed by atoms with Crippen molar-refractivity contribution in [2.45, 2.75) is 31.5 Å². The van der Waals surface area contributed by atoms with Crippen molar-refractivity contribution in [1.82, 2.24) is 29.5 Å². The standard InChI is InChI=1S/C25H24F3N7O2/c1-35-12-18(25(26,27)28)33-23(35)16-6-4-14(5-7-16)10-29-21-17(36-2)11-30-22(34-21)19-20(15-8-9-15)31-13-32-24(19)37-3/h4-7,11-13,15H,8-10H2,1-3H3,(H,29,30,34). The molecule has 4 aromatic rings. The molecule has 3 aromatic heterocycles. The van der Waals surface area contributed by atoms with E-state index in [-0.39, 0.29) is 5.82 Å². The number of alkyl halides is 3. The summed E-state index contributed by atoms with van der Waals surface area (Å²) in [5, 5.41) is 3.26. The average Bonchev–Trinajstić information content (AvgIpc) is 3.67. The number of hydrogen-bond donors (Lipinski definition) is 1. The third-order valence-corrected chi connectivity index (χ3v) is 6.04. The molecule has 0 atom stereocenters. The Morgan fingerprint density at radius 1 is 1.03 bits per heavy atom. The van der Waals surface area contributed by atoms with E-state index in [9.17, 15) is 13.2 Å². The lowest BCUT2D eigenvalue weighted by molar-refractivity contribution is -0.140. The fourth-order valence-electron chi connectivity index (χ4n) is 4.01. The van der Waals surface area contributed by atoms with Gasteiger partial charge in [0.2, 0.25) is 5.88 Å². The van der Waals surface area contributed by atoms with Gasteiger partial charge in [0, 0.05) is 31.3 Å². The number of benzene rings is 1. The van der Waals surface area contributed by atoms with Crippen molar-refractivity contribution >= 4 is 5.82 Å². The zero-order valence-electron chi connectivity index (χ0n) is 20.4. The first-order valence-electron chi connectivity index (χ1n) is 11.5. The van der Waals surface area contributed by atoms with Crippen molar-refractivity contribution < 1.29 is 22.6 Å². The van der Waals surface area contributed by atoms with Crippen LogP contribution in [0.4, 0.5) is 19.0 Å². The molecule has 0 unspecified atom stereocenters. The van der Waals surface area contributed by atoms with Gasteiger partial charge in [-0.25, -0.2) is 24.9 Å². The summed E-state index contributed by atoms with van der Waals surface area (Å²) in [6, 6.07) is 7.10. The minimum Gasteiger partial charge on any atom is -0.491 e. The summed E-state index contributed by atoms with van der Waals surface area (Å²) in [6.45, 7) is 0.388. The Balaban J connectivity index is 1.38. The second kappa shape index (κ2) is 9.68.